The Bertz CT molecular complexity index is 361. The van der Waals surface area contributed by atoms with E-state index >= 15 is 0 Å². The van der Waals surface area contributed by atoms with Crippen molar-refractivity contribution in [3.63, 3.8) is 0 Å². The predicted molar refractivity (Wildman–Crippen MR) is 52.1 cm³/mol. The van der Waals surface area contributed by atoms with Crippen LogP contribution in [0.3, 0.4) is 0 Å². The van der Waals surface area contributed by atoms with Crippen molar-refractivity contribution >= 4 is 5.78 Å². The number of ether oxygens (including phenoxy) is 1. The van der Waals surface area contributed by atoms with Crippen LogP contribution < -0.4 is 0 Å². The summed E-state index contributed by atoms with van der Waals surface area (Å²) in [5, 5.41) is 0. The van der Waals surface area contributed by atoms with Crippen molar-refractivity contribution in [3.8, 4) is 0 Å². The largest absolute Gasteiger partial charge is 0.381 e. The molecular weight excluding hydrogens is 197 g/mol. The molecule has 0 saturated carbocycles. The molecule has 1 aliphatic heterocycles. The zero-order valence-electron chi connectivity index (χ0n) is 8.28. The van der Waals surface area contributed by atoms with Crippen molar-refractivity contribution in [2.45, 2.75) is 12.8 Å². The molecule has 2 rings (SSSR count). The lowest BCUT2D eigenvalue weighted by Crippen LogP contribution is -2.25. The molecule has 4 heteroatoms. The summed E-state index contributed by atoms with van der Waals surface area (Å²) in [5.74, 6) is -0.679. The number of Topliss-reactive ketones (excluding diaryl/α,β-unsaturated/α-hetero) is 1. The average Bonchev–Trinajstić information content (AvgIpc) is 2.29. The molecule has 1 aliphatic rings. The first-order valence-corrected chi connectivity index (χ1v) is 5.00. The lowest BCUT2D eigenvalue weighted by Gasteiger charge is -2.20. The Morgan fingerprint density at radius 3 is 3.07 bits per heavy atom. The summed E-state index contributed by atoms with van der Waals surface area (Å²) >= 11 is 0. The molecule has 15 heavy (non-hydrogen) atoms. The van der Waals surface area contributed by atoms with Gasteiger partial charge < -0.3 is 4.74 Å². The minimum absolute atomic E-state index is 0.0679. The molecule has 1 aromatic rings. The van der Waals surface area contributed by atoms with Gasteiger partial charge in [-0.05, 0) is 18.9 Å². The summed E-state index contributed by atoms with van der Waals surface area (Å²) < 4.78 is 18.1. The molecule has 3 nitrogen and oxygen atoms in total. The summed E-state index contributed by atoms with van der Waals surface area (Å²) in [6.45, 7) is 1.15. The van der Waals surface area contributed by atoms with Crippen LogP contribution in [-0.2, 0) is 4.74 Å². The fourth-order valence-corrected chi connectivity index (χ4v) is 1.73. The van der Waals surface area contributed by atoms with Gasteiger partial charge in [-0.2, -0.15) is 0 Å². The second kappa shape index (κ2) is 4.49. The van der Waals surface area contributed by atoms with Crippen molar-refractivity contribution < 1.29 is 13.9 Å². The molecule has 0 aliphatic carbocycles. The van der Waals surface area contributed by atoms with E-state index in [1.165, 1.54) is 12.3 Å². The number of carbonyl (C=O) groups is 1. The quantitative estimate of drug-likeness (QED) is 0.697. The number of halogens is 1. The van der Waals surface area contributed by atoms with Gasteiger partial charge in [0.15, 0.2) is 5.78 Å². The Hall–Kier alpha value is -1.29. The van der Waals surface area contributed by atoms with E-state index in [4.69, 9.17) is 4.74 Å². The van der Waals surface area contributed by atoms with Crippen LogP contribution in [-0.4, -0.2) is 24.0 Å². The van der Waals surface area contributed by atoms with E-state index in [-0.39, 0.29) is 11.7 Å². The molecule has 80 valence electrons. The van der Waals surface area contributed by atoms with Gasteiger partial charge in [-0.15, -0.1) is 0 Å². The van der Waals surface area contributed by atoms with Crippen molar-refractivity contribution in [1.29, 1.82) is 0 Å². The number of carbonyl (C=O) groups excluding carboxylic acids is 1. The van der Waals surface area contributed by atoms with Gasteiger partial charge in [-0.25, -0.2) is 4.39 Å². The molecule has 1 unspecified atom stereocenters. The highest BCUT2D eigenvalue weighted by Crippen LogP contribution is 2.18. The third kappa shape index (κ3) is 2.39. The summed E-state index contributed by atoms with van der Waals surface area (Å²) in [7, 11) is 0. The maximum atomic E-state index is 12.8. The fourth-order valence-electron chi connectivity index (χ4n) is 1.73. The molecule has 0 N–H and O–H groups in total. The lowest BCUT2D eigenvalue weighted by molar-refractivity contribution is 0.0461. The van der Waals surface area contributed by atoms with Crippen molar-refractivity contribution in [3.05, 3.63) is 29.8 Å². The van der Waals surface area contributed by atoms with Crippen LogP contribution in [0.4, 0.5) is 4.39 Å². The Morgan fingerprint density at radius 2 is 2.40 bits per heavy atom. The molecule has 1 saturated heterocycles. The number of ketones is 1. The van der Waals surface area contributed by atoms with Crippen molar-refractivity contribution in [2.75, 3.05) is 13.2 Å². The topological polar surface area (TPSA) is 39.2 Å². The highest BCUT2D eigenvalue weighted by atomic mass is 19.1. The summed E-state index contributed by atoms with van der Waals surface area (Å²) in [4.78, 5) is 15.5. The molecule has 1 fully saturated rings. The minimum Gasteiger partial charge on any atom is -0.381 e. The molecule has 1 aromatic heterocycles. The normalized spacial score (nSPS) is 21.3. The summed E-state index contributed by atoms with van der Waals surface area (Å²) in [6, 6.07) is 1.23. The highest BCUT2D eigenvalue weighted by molar-refractivity contribution is 5.97. The third-order valence-electron chi connectivity index (χ3n) is 2.52. The van der Waals surface area contributed by atoms with Crippen LogP contribution in [0.15, 0.2) is 18.5 Å². The molecule has 0 amide bonds. The van der Waals surface area contributed by atoms with Gasteiger partial charge >= 0.3 is 0 Å². The second-order valence-electron chi connectivity index (χ2n) is 3.67. The molecule has 0 aromatic carbocycles. The maximum absolute atomic E-state index is 12.8. The second-order valence-corrected chi connectivity index (χ2v) is 3.67. The minimum atomic E-state index is -0.474. The fraction of sp³-hybridized carbons (Fsp3) is 0.455. The van der Waals surface area contributed by atoms with E-state index < -0.39 is 5.82 Å². The Balaban J connectivity index is 2.12. The van der Waals surface area contributed by atoms with E-state index in [2.05, 4.69) is 4.98 Å². The standard InChI is InChI=1S/C11H12FNO2/c12-10-4-9(5-13-6-10)11(14)8-2-1-3-15-7-8/h4-6,8H,1-3,7H2. The summed E-state index contributed by atoms with van der Waals surface area (Å²) in [5.41, 5.74) is 0.338. The number of pyridine rings is 1. The predicted octanol–water partition coefficient (Wildman–Crippen LogP) is 1.83. The highest BCUT2D eigenvalue weighted by Gasteiger charge is 2.23. The van der Waals surface area contributed by atoms with E-state index in [0.29, 0.717) is 18.8 Å². The van der Waals surface area contributed by atoms with Gasteiger partial charge in [0.2, 0.25) is 0 Å². The number of hydrogen-bond donors (Lipinski definition) is 0. The zero-order valence-corrected chi connectivity index (χ0v) is 8.28. The van der Waals surface area contributed by atoms with E-state index in [9.17, 15) is 9.18 Å². The Labute approximate surface area is 87.3 Å². The van der Waals surface area contributed by atoms with E-state index in [1.54, 1.807) is 0 Å². The molecule has 0 spiro atoms. The average molecular weight is 209 g/mol. The van der Waals surface area contributed by atoms with Crippen molar-refractivity contribution in [2.24, 2.45) is 5.92 Å². The number of rotatable bonds is 2. The zero-order chi connectivity index (χ0) is 10.7. The van der Waals surface area contributed by atoms with Crippen LogP contribution in [0.1, 0.15) is 23.2 Å². The van der Waals surface area contributed by atoms with Crippen LogP contribution in [0.2, 0.25) is 0 Å². The molecule has 1 atom stereocenters. The summed E-state index contributed by atoms with van der Waals surface area (Å²) in [6.07, 6.45) is 4.20. The van der Waals surface area contributed by atoms with Gasteiger partial charge in [-0.3, -0.25) is 9.78 Å². The number of hydrogen-bond acceptors (Lipinski definition) is 3. The van der Waals surface area contributed by atoms with Gasteiger partial charge in [0.25, 0.3) is 0 Å². The molecular formula is C11H12FNO2. The van der Waals surface area contributed by atoms with Gasteiger partial charge in [0.05, 0.1) is 12.8 Å². The van der Waals surface area contributed by atoms with Crippen LogP contribution in [0, 0.1) is 11.7 Å². The van der Waals surface area contributed by atoms with Gasteiger partial charge in [0.1, 0.15) is 5.82 Å². The SMILES string of the molecule is O=C(c1cncc(F)c1)C1CCCOC1. The lowest BCUT2D eigenvalue weighted by atomic mass is 9.93. The molecule has 2 heterocycles. The van der Waals surface area contributed by atoms with Gasteiger partial charge in [-0.1, -0.05) is 0 Å². The molecule has 0 radical (unpaired) electrons. The van der Waals surface area contributed by atoms with Crippen molar-refractivity contribution in [1.82, 2.24) is 4.98 Å². The van der Waals surface area contributed by atoms with Crippen LogP contribution in [0.25, 0.3) is 0 Å². The van der Waals surface area contributed by atoms with Crippen LogP contribution in [0.5, 0.6) is 0 Å². The number of aromatic nitrogens is 1. The first-order valence-electron chi connectivity index (χ1n) is 5.00. The smallest absolute Gasteiger partial charge is 0.169 e. The first kappa shape index (κ1) is 10.2. The van der Waals surface area contributed by atoms with E-state index in [1.807, 2.05) is 0 Å². The third-order valence-corrected chi connectivity index (χ3v) is 2.52. The van der Waals surface area contributed by atoms with E-state index in [0.717, 1.165) is 19.0 Å². The molecule has 0 bridgehead atoms. The monoisotopic (exact) mass is 209 g/mol. The first-order chi connectivity index (χ1) is 7.27. The van der Waals surface area contributed by atoms with Gasteiger partial charge in [0, 0.05) is 24.3 Å². The maximum Gasteiger partial charge on any atom is 0.169 e. The number of nitrogens with zero attached hydrogens (tertiary/aromatic N) is 1. The van der Waals surface area contributed by atoms with Crippen LogP contribution >= 0.6 is 0 Å². The Morgan fingerprint density at radius 1 is 1.53 bits per heavy atom. The Kier molecular flexibility index (Phi) is 3.06.